The van der Waals surface area contributed by atoms with E-state index < -0.39 is 11.6 Å². The maximum absolute atomic E-state index is 14.5. The summed E-state index contributed by atoms with van der Waals surface area (Å²) >= 11 is 9.54. The summed E-state index contributed by atoms with van der Waals surface area (Å²) in [6.45, 7) is 0. The molecule has 5 aromatic rings. The molecule has 0 saturated carbocycles. The fourth-order valence-electron chi connectivity index (χ4n) is 3.62. The van der Waals surface area contributed by atoms with Crippen LogP contribution in [-0.2, 0) is 0 Å². The van der Waals surface area contributed by atoms with Crippen LogP contribution in [0.15, 0.2) is 76.1 Å². The van der Waals surface area contributed by atoms with Gasteiger partial charge in [0.15, 0.2) is 5.82 Å². The van der Waals surface area contributed by atoms with Crippen LogP contribution in [0.1, 0.15) is 11.1 Å². The van der Waals surface area contributed by atoms with Crippen molar-refractivity contribution in [2.24, 2.45) is 0 Å². The van der Waals surface area contributed by atoms with Crippen molar-refractivity contribution in [1.29, 1.82) is 0 Å². The summed E-state index contributed by atoms with van der Waals surface area (Å²) < 4.78 is 28.8. The minimum atomic E-state index is -0.868. The molecule has 0 aliphatic heterocycles. The van der Waals surface area contributed by atoms with Gasteiger partial charge in [-0.15, -0.1) is 0 Å². The summed E-state index contributed by atoms with van der Waals surface area (Å²) in [6, 6.07) is 16.4. The summed E-state index contributed by atoms with van der Waals surface area (Å²) in [6.07, 6.45) is 1.49. The van der Waals surface area contributed by atoms with E-state index >= 15 is 0 Å². The number of H-pyrrole nitrogens is 1. The van der Waals surface area contributed by atoms with Gasteiger partial charge in [0.2, 0.25) is 0 Å². The third-order valence-electron chi connectivity index (χ3n) is 5.16. The van der Waals surface area contributed by atoms with Crippen LogP contribution in [0.5, 0.6) is 0 Å². The SMILES string of the molecule is O=c1[nH]cc(C#Cc2ccccc2)c2nc(Nc3c(F)cc(F)cc3Cl)c3ccc(Br)cc3c12. The molecule has 0 unspecified atom stereocenters. The summed E-state index contributed by atoms with van der Waals surface area (Å²) in [5.74, 6) is 4.71. The average molecular weight is 537 g/mol. The molecule has 0 aliphatic carbocycles. The van der Waals surface area contributed by atoms with Crippen LogP contribution in [0.25, 0.3) is 21.7 Å². The van der Waals surface area contributed by atoms with E-state index in [4.69, 9.17) is 11.6 Å². The first-order chi connectivity index (χ1) is 16.4. The second-order valence-corrected chi connectivity index (χ2v) is 8.71. The highest BCUT2D eigenvalue weighted by atomic mass is 79.9. The molecule has 0 aliphatic rings. The average Bonchev–Trinajstić information content (AvgIpc) is 2.81. The highest BCUT2D eigenvalue weighted by Crippen LogP contribution is 2.35. The third-order valence-corrected chi connectivity index (χ3v) is 5.95. The zero-order valence-electron chi connectivity index (χ0n) is 17.2. The number of hydrogen-bond donors (Lipinski definition) is 2. The summed E-state index contributed by atoms with van der Waals surface area (Å²) in [5, 5.41) is 4.21. The molecule has 0 fully saturated rings. The second-order valence-electron chi connectivity index (χ2n) is 7.39. The number of pyridine rings is 2. The Kier molecular flexibility index (Phi) is 5.78. The number of anilines is 2. The number of benzene rings is 3. The summed E-state index contributed by atoms with van der Waals surface area (Å²) in [5.41, 5.74) is 1.14. The number of aromatic amines is 1. The fraction of sp³-hybridized carbons (Fsp3) is 0. The van der Waals surface area contributed by atoms with Gasteiger partial charge in [-0.2, -0.15) is 0 Å². The van der Waals surface area contributed by atoms with Crippen molar-refractivity contribution >= 4 is 60.7 Å². The van der Waals surface area contributed by atoms with Crippen LogP contribution in [0, 0.1) is 23.5 Å². The van der Waals surface area contributed by atoms with Crippen LogP contribution in [0.2, 0.25) is 5.02 Å². The van der Waals surface area contributed by atoms with E-state index in [1.54, 1.807) is 18.2 Å². The fourth-order valence-corrected chi connectivity index (χ4v) is 4.22. The molecule has 0 amide bonds. The third kappa shape index (κ3) is 4.14. The van der Waals surface area contributed by atoms with Gasteiger partial charge in [0, 0.05) is 33.1 Å². The molecule has 2 heterocycles. The lowest BCUT2D eigenvalue weighted by Crippen LogP contribution is -2.10. The van der Waals surface area contributed by atoms with Gasteiger partial charge in [0.05, 0.1) is 27.2 Å². The Morgan fingerprint density at radius 1 is 1.00 bits per heavy atom. The Bertz CT molecular complexity index is 1690. The van der Waals surface area contributed by atoms with Gasteiger partial charge in [-0.25, -0.2) is 13.8 Å². The van der Waals surface area contributed by atoms with Gasteiger partial charge in [-0.3, -0.25) is 4.79 Å². The van der Waals surface area contributed by atoms with Crippen molar-refractivity contribution in [2.75, 3.05) is 5.32 Å². The molecule has 3 aromatic carbocycles. The normalized spacial score (nSPS) is 10.8. The van der Waals surface area contributed by atoms with E-state index in [0.29, 0.717) is 27.2 Å². The van der Waals surface area contributed by atoms with Crippen molar-refractivity contribution in [3.05, 3.63) is 109 Å². The van der Waals surface area contributed by atoms with Gasteiger partial charge in [0.1, 0.15) is 11.6 Å². The lowest BCUT2D eigenvalue weighted by atomic mass is 10.0. The van der Waals surface area contributed by atoms with Gasteiger partial charge in [-0.05, 0) is 36.4 Å². The minimum absolute atomic E-state index is 0.124. The topological polar surface area (TPSA) is 57.8 Å². The van der Waals surface area contributed by atoms with E-state index in [1.165, 1.54) is 6.20 Å². The molecule has 0 bridgehead atoms. The molecule has 34 heavy (non-hydrogen) atoms. The lowest BCUT2D eigenvalue weighted by Gasteiger charge is -2.14. The molecule has 0 spiro atoms. The molecular weight excluding hydrogens is 524 g/mol. The molecule has 2 N–H and O–H groups in total. The maximum Gasteiger partial charge on any atom is 0.258 e. The second kappa shape index (κ2) is 8.90. The Hall–Kier alpha value is -3.73. The van der Waals surface area contributed by atoms with Crippen LogP contribution < -0.4 is 10.9 Å². The van der Waals surface area contributed by atoms with Crippen molar-refractivity contribution in [3.63, 3.8) is 0 Å². The monoisotopic (exact) mass is 535 g/mol. The highest BCUT2D eigenvalue weighted by Gasteiger charge is 2.17. The van der Waals surface area contributed by atoms with Crippen molar-refractivity contribution in [3.8, 4) is 11.8 Å². The Labute approximate surface area is 205 Å². The highest BCUT2D eigenvalue weighted by molar-refractivity contribution is 9.10. The van der Waals surface area contributed by atoms with Gasteiger partial charge < -0.3 is 10.3 Å². The first kappa shape index (κ1) is 22.1. The zero-order valence-corrected chi connectivity index (χ0v) is 19.6. The predicted octanol–water partition coefficient (Wildman–Crippen LogP) is 6.91. The molecule has 166 valence electrons. The number of hydrogen-bond acceptors (Lipinski definition) is 3. The molecule has 2 aromatic heterocycles. The number of nitrogens with one attached hydrogen (secondary N) is 2. The Morgan fingerprint density at radius 3 is 2.56 bits per heavy atom. The van der Waals surface area contributed by atoms with E-state index in [9.17, 15) is 13.6 Å². The van der Waals surface area contributed by atoms with Gasteiger partial charge in [0.25, 0.3) is 5.56 Å². The number of nitrogens with zero attached hydrogens (tertiary/aromatic N) is 1. The molecular formula is C26H13BrClF2N3O. The maximum atomic E-state index is 14.5. The van der Waals surface area contributed by atoms with Crippen molar-refractivity contribution in [1.82, 2.24) is 9.97 Å². The largest absolute Gasteiger partial charge is 0.336 e. The standard InChI is InChI=1S/C26H13BrClF2N3O/c27-16-8-9-18-19(10-16)22-23(32-25(18)33-24-20(28)11-17(29)12-21(24)30)15(13-31-26(22)34)7-6-14-4-2-1-3-5-14/h1-5,8-13H,(H,31,34)(H,32,33). The number of aromatic nitrogens is 2. The summed E-state index contributed by atoms with van der Waals surface area (Å²) in [7, 11) is 0. The quantitative estimate of drug-likeness (QED) is 0.190. The zero-order chi connectivity index (χ0) is 23.8. The van der Waals surface area contributed by atoms with Gasteiger partial charge >= 0.3 is 0 Å². The van der Waals surface area contributed by atoms with E-state index in [2.05, 4.69) is 43.1 Å². The number of halogens is 4. The van der Waals surface area contributed by atoms with Crippen molar-refractivity contribution in [2.45, 2.75) is 0 Å². The first-order valence-corrected chi connectivity index (χ1v) is 11.2. The Balaban J connectivity index is 1.79. The van der Waals surface area contributed by atoms with Crippen LogP contribution in [0.3, 0.4) is 0 Å². The van der Waals surface area contributed by atoms with Crippen LogP contribution in [-0.4, -0.2) is 9.97 Å². The molecule has 5 rings (SSSR count). The molecule has 8 heteroatoms. The molecule has 4 nitrogen and oxygen atoms in total. The summed E-state index contributed by atoms with van der Waals surface area (Å²) in [4.78, 5) is 20.2. The number of rotatable bonds is 2. The van der Waals surface area contributed by atoms with Gasteiger partial charge in [-0.1, -0.05) is 57.6 Å². The minimum Gasteiger partial charge on any atom is -0.336 e. The molecule has 0 saturated heterocycles. The predicted molar refractivity (Wildman–Crippen MR) is 135 cm³/mol. The molecule has 0 radical (unpaired) electrons. The smallest absolute Gasteiger partial charge is 0.258 e. The van der Waals surface area contributed by atoms with Crippen LogP contribution in [0.4, 0.5) is 20.3 Å². The number of fused-ring (bicyclic) bond motifs is 3. The Morgan fingerprint density at radius 2 is 1.79 bits per heavy atom. The van der Waals surface area contributed by atoms with Crippen LogP contribution >= 0.6 is 27.5 Å². The first-order valence-electron chi connectivity index (χ1n) is 10.0. The lowest BCUT2D eigenvalue weighted by molar-refractivity contribution is 0.586. The van der Waals surface area contributed by atoms with E-state index in [0.717, 1.165) is 22.2 Å². The van der Waals surface area contributed by atoms with Crippen molar-refractivity contribution < 1.29 is 8.78 Å². The van der Waals surface area contributed by atoms with E-state index in [-0.39, 0.29) is 22.1 Å². The van der Waals surface area contributed by atoms with E-state index in [1.807, 2.05) is 30.3 Å². The molecule has 0 atom stereocenters.